The van der Waals surface area contributed by atoms with E-state index in [0.29, 0.717) is 22.3 Å². The van der Waals surface area contributed by atoms with Crippen molar-refractivity contribution in [1.82, 2.24) is 0 Å². The number of para-hydroxylation sites is 1. The highest BCUT2D eigenvalue weighted by molar-refractivity contribution is 6.28. The van der Waals surface area contributed by atoms with Crippen LogP contribution in [0.1, 0.15) is 31.8 Å². The van der Waals surface area contributed by atoms with Gasteiger partial charge in [-0.05, 0) is 53.6 Å². The molecule has 168 valence electrons. The first-order chi connectivity index (χ1) is 17.7. The number of ketones is 2. The molecule has 4 nitrogen and oxygen atoms in total. The van der Waals surface area contributed by atoms with Crippen LogP contribution in [-0.2, 0) is 0 Å². The van der Waals surface area contributed by atoms with Gasteiger partial charge in [0.2, 0.25) is 0 Å². The van der Waals surface area contributed by atoms with Crippen molar-refractivity contribution in [3.05, 3.63) is 119 Å². The highest BCUT2D eigenvalue weighted by Gasteiger charge is 2.29. The van der Waals surface area contributed by atoms with Crippen molar-refractivity contribution in [2.45, 2.75) is 0 Å². The molecule has 2 heterocycles. The summed E-state index contributed by atoms with van der Waals surface area (Å²) in [7, 11) is 0. The van der Waals surface area contributed by atoms with Crippen LogP contribution in [0.25, 0.3) is 55.0 Å². The smallest absolute Gasteiger partial charge is 0.194 e. The van der Waals surface area contributed by atoms with E-state index in [-0.39, 0.29) is 11.6 Å². The van der Waals surface area contributed by atoms with Gasteiger partial charge in [0.15, 0.2) is 22.7 Å². The number of carbonyl (C=O) groups excluding carboxylic acids is 2. The van der Waals surface area contributed by atoms with Crippen LogP contribution in [0.2, 0.25) is 0 Å². The molecule has 0 aliphatic heterocycles. The third-order valence-corrected chi connectivity index (χ3v) is 7.24. The van der Waals surface area contributed by atoms with E-state index in [1.54, 1.807) is 30.3 Å². The fraction of sp³-hybridized carbons (Fsp3) is 0. The number of furan rings is 2. The number of hydrogen-bond donors (Lipinski definition) is 0. The maximum absolute atomic E-state index is 13.2. The summed E-state index contributed by atoms with van der Waals surface area (Å²) >= 11 is 0. The SMILES string of the molecule is O=C1c2ccccc2C(=O)c2cc(-c3ccc4oc5c(ccc6c7ccccc7oc65)c4c3)ccc21. The van der Waals surface area contributed by atoms with Crippen molar-refractivity contribution in [3.8, 4) is 11.1 Å². The van der Waals surface area contributed by atoms with Crippen LogP contribution >= 0.6 is 0 Å². The van der Waals surface area contributed by atoms with E-state index in [1.807, 2.05) is 48.5 Å². The molecule has 0 saturated carbocycles. The Balaban J connectivity index is 1.31. The first-order valence-electron chi connectivity index (χ1n) is 11.8. The Morgan fingerprint density at radius 1 is 0.417 bits per heavy atom. The molecule has 0 N–H and O–H groups in total. The quantitative estimate of drug-likeness (QED) is 0.247. The molecule has 4 heteroatoms. The van der Waals surface area contributed by atoms with Crippen LogP contribution < -0.4 is 0 Å². The molecule has 5 aromatic carbocycles. The van der Waals surface area contributed by atoms with Gasteiger partial charge in [0.25, 0.3) is 0 Å². The molecule has 0 amide bonds. The maximum Gasteiger partial charge on any atom is 0.194 e. The number of benzene rings is 5. The lowest BCUT2D eigenvalue weighted by molar-refractivity contribution is 0.0979. The van der Waals surface area contributed by atoms with Crippen molar-refractivity contribution in [3.63, 3.8) is 0 Å². The zero-order chi connectivity index (χ0) is 24.0. The van der Waals surface area contributed by atoms with Crippen LogP contribution in [0.4, 0.5) is 0 Å². The molecule has 0 atom stereocenters. The summed E-state index contributed by atoms with van der Waals surface area (Å²) in [5.74, 6) is -0.234. The average molecular weight is 464 g/mol. The maximum atomic E-state index is 13.2. The van der Waals surface area contributed by atoms with Gasteiger partial charge in [-0.1, -0.05) is 54.6 Å². The van der Waals surface area contributed by atoms with E-state index in [4.69, 9.17) is 8.83 Å². The second kappa shape index (κ2) is 6.80. The molecular formula is C32H16O4. The summed E-state index contributed by atoms with van der Waals surface area (Å²) < 4.78 is 12.4. The van der Waals surface area contributed by atoms with Crippen molar-refractivity contribution in [2.75, 3.05) is 0 Å². The third kappa shape index (κ3) is 2.48. The molecule has 1 aliphatic carbocycles. The number of rotatable bonds is 1. The van der Waals surface area contributed by atoms with Gasteiger partial charge in [0.05, 0.1) is 0 Å². The number of fused-ring (bicyclic) bond motifs is 9. The third-order valence-electron chi connectivity index (χ3n) is 7.24. The summed E-state index contributed by atoms with van der Waals surface area (Å²) in [5, 5.41) is 4.02. The molecule has 0 saturated heterocycles. The van der Waals surface area contributed by atoms with E-state index >= 15 is 0 Å². The standard InChI is InChI=1S/C32H16O4/c33-29-20-6-1-2-7-21(20)30(34)26-16-17(9-11-22(26)29)18-10-14-28-25(15-18)24-13-12-23-19-5-3-4-8-27(19)35-31(23)32(24)36-28/h1-16H. The van der Waals surface area contributed by atoms with Crippen molar-refractivity contribution in [2.24, 2.45) is 0 Å². The van der Waals surface area contributed by atoms with Crippen molar-refractivity contribution in [1.29, 1.82) is 0 Å². The van der Waals surface area contributed by atoms with Gasteiger partial charge in [0, 0.05) is 43.8 Å². The molecule has 0 unspecified atom stereocenters. The summed E-state index contributed by atoms with van der Waals surface area (Å²) in [5.41, 5.74) is 6.68. The summed E-state index contributed by atoms with van der Waals surface area (Å²) in [4.78, 5) is 26.2. The highest BCUT2D eigenvalue weighted by atomic mass is 16.4. The Morgan fingerprint density at radius 2 is 0.972 bits per heavy atom. The summed E-state index contributed by atoms with van der Waals surface area (Å²) in [6.07, 6.45) is 0. The topological polar surface area (TPSA) is 60.4 Å². The summed E-state index contributed by atoms with van der Waals surface area (Å²) in [6, 6.07) is 30.6. The molecule has 1 aliphatic rings. The van der Waals surface area contributed by atoms with Crippen LogP contribution in [0.15, 0.2) is 106 Å². The lowest BCUT2D eigenvalue weighted by Gasteiger charge is -2.18. The van der Waals surface area contributed by atoms with E-state index in [9.17, 15) is 9.59 Å². The Kier molecular flexibility index (Phi) is 3.66. The molecule has 0 bridgehead atoms. The second-order valence-electron chi connectivity index (χ2n) is 9.19. The minimum Gasteiger partial charge on any atom is -0.452 e. The van der Waals surface area contributed by atoms with E-state index < -0.39 is 0 Å². The highest BCUT2D eigenvalue weighted by Crippen LogP contribution is 2.40. The molecule has 8 rings (SSSR count). The molecular weight excluding hydrogens is 448 g/mol. The lowest BCUT2D eigenvalue weighted by atomic mass is 9.83. The molecule has 2 aromatic heterocycles. The van der Waals surface area contributed by atoms with Gasteiger partial charge in [0.1, 0.15) is 11.2 Å². The van der Waals surface area contributed by atoms with Gasteiger partial charge in [-0.3, -0.25) is 9.59 Å². The first-order valence-corrected chi connectivity index (χ1v) is 11.8. The predicted molar refractivity (Wildman–Crippen MR) is 140 cm³/mol. The fourth-order valence-corrected chi connectivity index (χ4v) is 5.48. The normalized spacial score (nSPS) is 13.1. The monoisotopic (exact) mass is 464 g/mol. The molecule has 0 fully saturated rings. The van der Waals surface area contributed by atoms with E-state index in [1.165, 1.54) is 0 Å². The van der Waals surface area contributed by atoms with Crippen LogP contribution in [0, 0.1) is 0 Å². The Morgan fingerprint density at radius 3 is 1.75 bits per heavy atom. The molecule has 0 radical (unpaired) electrons. The zero-order valence-electron chi connectivity index (χ0n) is 18.9. The minimum absolute atomic E-state index is 0.113. The Hall–Kier alpha value is -4.96. The van der Waals surface area contributed by atoms with Gasteiger partial charge in [-0.25, -0.2) is 0 Å². The zero-order valence-corrected chi connectivity index (χ0v) is 18.9. The predicted octanol–water partition coefficient (Wildman–Crippen LogP) is 7.93. The van der Waals surface area contributed by atoms with E-state index in [2.05, 4.69) is 18.2 Å². The van der Waals surface area contributed by atoms with Crippen molar-refractivity contribution < 1.29 is 18.4 Å². The fourth-order valence-electron chi connectivity index (χ4n) is 5.48. The van der Waals surface area contributed by atoms with Gasteiger partial charge in [-0.2, -0.15) is 0 Å². The van der Waals surface area contributed by atoms with Gasteiger partial charge >= 0.3 is 0 Å². The summed E-state index contributed by atoms with van der Waals surface area (Å²) in [6.45, 7) is 0. The molecule has 0 spiro atoms. The lowest BCUT2D eigenvalue weighted by Crippen LogP contribution is -2.20. The first kappa shape index (κ1) is 19.4. The Labute approximate surface area is 204 Å². The van der Waals surface area contributed by atoms with Crippen molar-refractivity contribution >= 4 is 55.4 Å². The van der Waals surface area contributed by atoms with Crippen LogP contribution in [0.3, 0.4) is 0 Å². The molecule has 7 aromatic rings. The van der Waals surface area contributed by atoms with Gasteiger partial charge < -0.3 is 8.83 Å². The average Bonchev–Trinajstić information content (AvgIpc) is 3.49. The molecule has 36 heavy (non-hydrogen) atoms. The number of carbonyl (C=O) groups is 2. The van der Waals surface area contributed by atoms with Crippen LogP contribution in [0.5, 0.6) is 0 Å². The van der Waals surface area contributed by atoms with Crippen LogP contribution in [-0.4, -0.2) is 11.6 Å². The minimum atomic E-state index is -0.121. The van der Waals surface area contributed by atoms with E-state index in [0.717, 1.165) is 55.0 Å². The second-order valence-corrected chi connectivity index (χ2v) is 9.19. The Bertz CT molecular complexity index is 2090. The van der Waals surface area contributed by atoms with Gasteiger partial charge in [-0.15, -0.1) is 0 Å². The number of hydrogen-bond acceptors (Lipinski definition) is 4. The largest absolute Gasteiger partial charge is 0.452 e.